The Hall–Kier alpha value is -1.49. The Kier molecular flexibility index (Phi) is 12.1. The Labute approximate surface area is 207 Å². The minimum Gasteiger partial charge on any atom is -0.497 e. The highest BCUT2D eigenvalue weighted by atomic mass is 127. The van der Waals surface area contributed by atoms with Gasteiger partial charge in [0.1, 0.15) is 5.75 Å². The zero-order chi connectivity index (χ0) is 21.0. The maximum atomic E-state index is 5.55. The molecule has 2 aromatic rings. The Bertz CT molecular complexity index is 771. The summed E-state index contributed by atoms with van der Waals surface area (Å²) in [4.78, 5) is 8.15. The molecule has 2 N–H and O–H groups in total. The van der Waals surface area contributed by atoms with Crippen LogP contribution in [0.3, 0.4) is 0 Å². The lowest BCUT2D eigenvalue weighted by Crippen LogP contribution is -2.46. The van der Waals surface area contributed by atoms with Gasteiger partial charge in [0, 0.05) is 43.9 Å². The largest absolute Gasteiger partial charge is 0.497 e. The standard InChI is InChI=1S/C23H32N4O2S.HI/c1-24-23(25-12-17-30-21-6-4-3-5-7-21)26-18-22(27-13-15-29-16-14-27)19-8-10-20(28-2)11-9-19;/h3-11,22H,12-18H2,1-2H3,(H2,24,25,26);1H. The molecule has 1 aliphatic rings. The van der Waals surface area contributed by atoms with Crippen LogP contribution in [0.15, 0.2) is 64.5 Å². The summed E-state index contributed by atoms with van der Waals surface area (Å²) < 4.78 is 10.9. The molecule has 0 amide bonds. The first-order valence-corrected chi connectivity index (χ1v) is 11.4. The van der Waals surface area contributed by atoms with Gasteiger partial charge in [0.05, 0.1) is 26.4 Å². The van der Waals surface area contributed by atoms with E-state index in [9.17, 15) is 0 Å². The van der Waals surface area contributed by atoms with Crippen molar-refractivity contribution in [3.63, 3.8) is 0 Å². The van der Waals surface area contributed by atoms with Gasteiger partial charge in [0.25, 0.3) is 0 Å². The van der Waals surface area contributed by atoms with Crippen LogP contribution in [-0.4, -0.2) is 70.2 Å². The van der Waals surface area contributed by atoms with Crippen molar-refractivity contribution in [1.29, 1.82) is 0 Å². The van der Waals surface area contributed by atoms with Crippen LogP contribution in [0.2, 0.25) is 0 Å². The predicted octanol–water partition coefficient (Wildman–Crippen LogP) is 3.64. The predicted molar refractivity (Wildman–Crippen MR) is 140 cm³/mol. The van der Waals surface area contributed by atoms with Gasteiger partial charge in [-0.05, 0) is 29.8 Å². The zero-order valence-corrected chi connectivity index (χ0v) is 21.4. The summed E-state index contributed by atoms with van der Waals surface area (Å²) in [7, 11) is 3.51. The smallest absolute Gasteiger partial charge is 0.191 e. The molecule has 1 heterocycles. The van der Waals surface area contributed by atoms with Crippen molar-refractivity contribution in [1.82, 2.24) is 15.5 Å². The van der Waals surface area contributed by atoms with E-state index in [0.29, 0.717) is 0 Å². The monoisotopic (exact) mass is 556 g/mol. The number of nitrogens with zero attached hydrogens (tertiary/aromatic N) is 2. The lowest BCUT2D eigenvalue weighted by molar-refractivity contribution is 0.0170. The van der Waals surface area contributed by atoms with E-state index < -0.39 is 0 Å². The Morgan fingerprint density at radius 1 is 1.10 bits per heavy atom. The van der Waals surface area contributed by atoms with Crippen LogP contribution >= 0.6 is 35.7 Å². The average molecular weight is 557 g/mol. The van der Waals surface area contributed by atoms with E-state index >= 15 is 0 Å². The molecule has 0 radical (unpaired) electrons. The summed E-state index contributed by atoms with van der Waals surface area (Å²) in [5.74, 6) is 2.69. The number of benzene rings is 2. The third-order valence-corrected chi connectivity index (χ3v) is 6.09. The van der Waals surface area contributed by atoms with Crippen LogP contribution in [0.5, 0.6) is 5.75 Å². The van der Waals surface area contributed by atoms with Crippen LogP contribution in [0.25, 0.3) is 0 Å². The third kappa shape index (κ3) is 8.51. The highest BCUT2D eigenvalue weighted by molar-refractivity contribution is 14.0. The third-order valence-electron chi connectivity index (χ3n) is 5.08. The molecular formula is C23H33IN4O2S. The second-order valence-corrected chi connectivity index (χ2v) is 8.15. The second kappa shape index (κ2) is 14.5. The number of hydrogen-bond donors (Lipinski definition) is 2. The molecule has 1 saturated heterocycles. The molecule has 170 valence electrons. The van der Waals surface area contributed by atoms with Crippen molar-refractivity contribution < 1.29 is 9.47 Å². The second-order valence-electron chi connectivity index (χ2n) is 6.98. The number of hydrogen-bond acceptors (Lipinski definition) is 5. The first kappa shape index (κ1) is 25.8. The van der Waals surface area contributed by atoms with Crippen LogP contribution in [0, 0.1) is 0 Å². The molecule has 0 saturated carbocycles. The molecule has 6 nitrogen and oxygen atoms in total. The normalized spacial score (nSPS) is 15.6. The van der Waals surface area contributed by atoms with Crippen molar-refractivity contribution in [3.05, 3.63) is 60.2 Å². The topological polar surface area (TPSA) is 58.1 Å². The van der Waals surface area contributed by atoms with E-state index in [0.717, 1.165) is 56.9 Å². The number of rotatable bonds is 9. The molecule has 1 atom stereocenters. The minimum absolute atomic E-state index is 0. The number of methoxy groups -OCH3 is 1. The van der Waals surface area contributed by atoms with E-state index in [1.54, 1.807) is 7.11 Å². The van der Waals surface area contributed by atoms with Crippen LogP contribution < -0.4 is 15.4 Å². The molecule has 0 spiro atoms. The van der Waals surface area contributed by atoms with E-state index in [4.69, 9.17) is 9.47 Å². The van der Waals surface area contributed by atoms with Crippen molar-refractivity contribution in [2.24, 2.45) is 4.99 Å². The summed E-state index contributed by atoms with van der Waals surface area (Å²) in [6, 6.07) is 19.1. The lowest BCUT2D eigenvalue weighted by Gasteiger charge is -2.35. The molecule has 8 heteroatoms. The average Bonchev–Trinajstić information content (AvgIpc) is 2.82. The van der Waals surface area contributed by atoms with Gasteiger partial charge in [-0.15, -0.1) is 35.7 Å². The molecule has 1 unspecified atom stereocenters. The molecule has 0 bridgehead atoms. The van der Waals surface area contributed by atoms with E-state index in [1.807, 2.05) is 37.0 Å². The molecule has 1 fully saturated rings. The highest BCUT2D eigenvalue weighted by Crippen LogP contribution is 2.23. The number of halogens is 1. The van der Waals surface area contributed by atoms with Gasteiger partial charge < -0.3 is 20.1 Å². The summed E-state index contributed by atoms with van der Waals surface area (Å²) in [5.41, 5.74) is 1.26. The summed E-state index contributed by atoms with van der Waals surface area (Å²) in [5, 5.41) is 6.93. The maximum Gasteiger partial charge on any atom is 0.191 e. The quantitative estimate of drug-likeness (QED) is 0.162. The fraction of sp³-hybridized carbons (Fsp3) is 0.435. The van der Waals surface area contributed by atoms with Gasteiger partial charge in [0.2, 0.25) is 0 Å². The number of thioether (sulfide) groups is 1. The maximum absolute atomic E-state index is 5.55. The molecule has 2 aromatic carbocycles. The molecule has 0 aliphatic carbocycles. The van der Waals surface area contributed by atoms with Crippen molar-refractivity contribution in [2.45, 2.75) is 10.9 Å². The van der Waals surface area contributed by atoms with Crippen LogP contribution in [-0.2, 0) is 4.74 Å². The highest BCUT2D eigenvalue weighted by Gasteiger charge is 2.23. The SMILES string of the molecule is CN=C(NCCSc1ccccc1)NCC(c1ccc(OC)cc1)N1CCOCC1.I. The van der Waals surface area contributed by atoms with Crippen molar-refractivity contribution >= 4 is 41.7 Å². The van der Waals surface area contributed by atoms with Gasteiger partial charge in [-0.3, -0.25) is 9.89 Å². The van der Waals surface area contributed by atoms with Gasteiger partial charge in [-0.1, -0.05) is 30.3 Å². The first-order chi connectivity index (χ1) is 14.8. The Morgan fingerprint density at radius 3 is 2.45 bits per heavy atom. The summed E-state index contributed by atoms with van der Waals surface area (Å²) in [6.45, 7) is 5.03. The molecule has 1 aliphatic heterocycles. The van der Waals surface area contributed by atoms with Gasteiger partial charge >= 0.3 is 0 Å². The fourth-order valence-corrected chi connectivity index (χ4v) is 4.23. The zero-order valence-electron chi connectivity index (χ0n) is 18.3. The molecule has 3 rings (SSSR count). The van der Waals surface area contributed by atoms with E-state index in [1.165, 1.54) is 10.5 Å². The van der Waals surface area contributed by atoms with Crippen molar-refractivity contribution in [2.75, 3.05) is 59.3 Å². The molecular weight excluding hydrogens is 523 g/mol. The fourth-order valence-electron chi connectivity index (χ4n) is 3.44. The van der Waals surface area contributed by atoms with E-state index in [-0.39, 0.29) is 30.0 Å². The lowest BCUT2D eigenvalue weighted by atomic mass is 10.0. The molecule has 0 aromatic heterocycles. The van der Waals surface area contributed by atoms with Gasteiger partial charge in [-0.2, -0.15) is 0 Å². The van der Waals surface area contributed by atoms with Gasteiger partial charge in [-0.25, -0.2) is 0 Å². The minimum atomic E-state index is 0. The Morgan fingerprint density at radius 2 is 1.81 bits per heavy atom. The number of guanidine groups is 1. The molecule has 31 heavy (non-hydrogen) atoms. The number of nitrogens with one attached hydrogen (secondary N) is 2. The van der Waals surface area contributed by atoms with Crippen molar-refractivity contribution in [3.8, 4) is 5.75 Å². The number of morpholine rings is 1. The Balaban J connectivity index is 0.00000341. The first-order valence-electron chi connectivity index (χ1n) is 10.4. The van der Waals surface area contributed by atoms with E-state index in [2.05, 4.69) is 56.9 Å². The number of aliphatic imine (C=N–C) groups is 1. The van der Waals surface area contributed by atoms with Gasteiger partial charge in [0.15, 0.2) is 5.96 Å². The van der Waals surface area contributed by atoms with Crippen LogP contribution in [0.4, 0.5) is 0 Å². The van der Waals surface area contributed by atoms with Crippen LogP contribution in [0.1, 0.15) is 11.6 Å². The number of ether oxygens (including phenoxy) is 2. The summed E-state index contributed by atoms with van der Waals surface area (Å²) >= 11 is 1.84. The summed E-state index contributed by atoms with van der Waals surface area (Å²) in [6.07, 6.45) is 0.